The monoisotopic (exact) mass is 214 g/mol. The second-order valence-electron chi connectivity index (χ2n) is 6.00. The van der Waals surface area contributed by atoms with E-state index in [1.54, 1.807) is 0 Å². The minimum Gasteiger partial charge on any atom is -0.375 e. The fraction of sp³-hybridized carbons (Fsp3) is 1.00. The summed E-state index contributed by atoms with van der Waals surface area (Å²) in [6.07, 6.45) is 1.22. The molecule has 15 heavy (non-hydrogen) atoms. The Morgan fingerprint density at radius 2 is 2.07 bits per heavy atom. The van der Waals surface area contributed by atoms with Crippen molar-refractivity contribution >= 4 is 0 Å². The first kappa shape index (κ1) is 12.9. The van der Waals surface area contributed by atoms with Crippen molar-refractivity contribution < 1.29 is 4.74 Å². The van der Waals surface area contributed by atoms with E-state index in [0.29, 0.717) is 5.41 Å². The average Bonchev–Trinajstić information content (AvgIpc) is 2.47. The van der Waals surface area contributed by atoms with E-state index < -0.39 is 0 Å². The van der Waals surface area contributed by atoms with E-state index in [1.807, 2.05) is 0 Å². The van der Waals surface area contributed by atoms with Crippen LogP contribution in [0.4, 0.5) is 0 Å². The van der Waals surface area contributed by atoms with E-state index in [0.717, 1.165) is 26.2 Å². The molecule has 3 nitrogen and oxygen atoms in total. The standard InChI is InChI=1S/C12H26N2O/c1-11(2,3)15-8-7-14-6-5-12(4,9-13)10-14/h5-10,13H2,1-4H3. The lowest BCUT2D eigenvalue weighted by atomic mass is 9.90. The van der Waals surface area contributed by atoms with Crippen LogP contribution in [0.15, 0.2) is 0 Å². The molecular weight excluding hydrogens is 188 g/mol. The third kappa shape index (κ3) is 4.49. The third-order valence-electron chi connectivity index (χ3n) is 3.07. The molecule has 90 valence electrons. The Morgan fingerprint density at radius 1 is 1.40 bits per heavy atom. The summed E-state index contributed by atoms with van der Waals surface area (Å²) in [6, 6.07) is 0. The zero-order chi connectivity index (χ0) is 11.5. The summed E-state index contributed by atoms with van der Waals surface area (Å²) in [7, 11) is 0. The predicted molar refractivity (Wildman–Crippen MR) is 63.9 cm³/mol. The van der Waals surface area contributed by atoms with Crippen molar-refractivity contribution in [3.05, 3.63) is 0 Å². The maximum absolute atomic E-state index is 5.77. The highest BCUT2D eigenvalue weighted by atomic mass is 16.5. The van der Waals surface area contributed by atoms with Crippen LogP contribution in [0.25, 0.3) is 0 Å². The molecule has 1 rings (SSSR count). The van der Waals surface area contributed by atoms with Crippen LogP contribution in [0.5, 0.6) is 0 Å². The van der Waals surface area contributed by atoms with Crippen LogP contribution in [0.1, 0.15) is 34.1 Å². The molecule has 3 heteroatoms. The first-order valence-corrected chi connectivity index (χ1v) is 5.91. The molecule has 0 aliphatic carbocycles. The Labute approximate surface area is 94.0 Å². The molecular formula is C12H26N2O. The summed E-state index contributed by atoms with van der Waals surface area (Å²) in [4.78, 5) is 2.46. The Hall–Kier alpha value is -0.120. The molecule has 1 unspecified atom stereocenters. The molecule has 1 aliphatic rings. The van der Waals surface area contributed by atoms with Gasteiger partial charge in [0.2, 0.25) is 0 Å². The van der Waals surface area contributed by atoms with Crippen LogP contribution in [0, 0.1) is 5.41 Å². The summed E-state index contributed by atoms with van der Waals surface area (Å²) in [5.74, 6) is 0. The van der Waals surface area contributed by atoms with Gasteiger partial charge in [0.25, 0.3) is 0 Å². The van der Waals surface area contributed by atoms with Gasteiger partial charge in [-0.3, -0.25) is 0 Å². The van der Waals surface area contributed by atoms with E-state index in [2.05, 4.69) is 32.6 Å². The van der Waals surface area contributed by atoms with Gasteiger partial charge in [-0.1, -0.05) is 6.92 Å². The number of hydrogen-bond donors (Lipinski definition) is 1. The van der Waals surface area contributed by atoms with Gasteiger partial charge < -0.3 is 15.4 Å². The maximum atomic E-state index is 5.77. The van der Waals surface area contributed by atoms with Gasteiger partial charge in [0.05, 0.1) is 12.2 Å². The highest BCUT2D eigenvalue weighted by Crippen LogP contribution is 2.28. The lowest BCUT2D eigenvalue weighted by Gasteiger charge is -2.24. The van der Waals surface area contributed by atoms with Gasteiger partial charge in [-0.2, -0.15) is 0 Å². The van der Waals surface area contributed by atoms with Crippen LogP contribution in [-0.4, -0.2) is 43.3 Å². The first-order chi connectivity index (χ1) is 6.85. The Bertz CT molecular complexity index is 200. The van der Waals surface area contributed by atoms with Crippen LogP contribution >= 0.6 is 0 Å². The lowest BCUT2D eigenvalue weighted by Crippen LogP contribution is -2.33. The zero-order valence-electron chi connectivity index (χ0n) is 10.7. The molecule has 0 radical (unpaired) electrons. The van der Waals surface area contributed by atoms with Crippen molar-refractivity contribution in [1.82, 2.24) is 4.90 Å². The molecule has 1 atom stereocenters. The van der Waals surface area contributed by atoms with Gasteiger partial charge in [-0.15, -0.1) is 0 Å². The van der Waals surface area contributed by atoms with Gasteiger partial charge in [0.15, 0.2) is 0 Å². The van der Waals surface area contributed by atoms with Crippen LogP contribution in [0.3, 0.4) is 0 Å². The molecule has 0 aromatic carbocycles. The number of ether oxygens (including phenoxy) is 1. The second-order valence-corrected chi connectivity index (χ2v) is 6.00. The maximum Gasteiger partial charge on any atom is 0.0600 e. The predicted octanol–water partition coefficient (Wildman–Crippen LogP) is 1.47. The minimum absolute atomic E-state index is 0.0170. The van der Waals surface area contributed by atoms with Gasteiger partial charge >= 0.3 is 0 Å². The average molecular weight is 214 g/mol. The van der Waals surface area contributed by atoms with Crippen molar-refractivity contribution in [1.29, 1.82) is 0 Å². The summed E-state index contributed by atoms with van der Waals surface area (Å²) < 4.78 is 5.72. The molecule has 2 N–H and O–H groups in total. The molecule has 0 aromatic rings. The van der Waals surface area contributed by atoms with E-state index in [1.165, 1.54) is 13.0 Å². The van der Waals surface area contributed by atoms with Crippen molar-refractivity contribution in [3.8, 4) is 0 Å². The molecule has 0 amide bonds. The molecule has 1 heterocycles. The van der Waals surface area contributed by atoms with Crippen molar-refractivity contribution in [2.24, 2.45) is 11.1 Å². The van der Waals surface area contributed by atoms with Gasteiger partial charge in [-0.05, 0) is 45.7 Å². The number of rotatable bonds is 4. The molecule has 1 saturated heterocycles. The minimum atomic E-state index is -0.0170. The normalized spacial score (nSPS) is 28.6. The molecule has 0 spiro atoms. The van der Waals surface area contributed by atoms with Crippen LogP contribution in [0.2, 0.25) is 0 Å². The van der Waals surface area contributed by atoms with Crippen molar-refractivity contribution in [3.63, 3.8) is 0 Å². The number of nitrogens with two attached hydrogens (primary N) is 1. The highest BCUT2D eigenvalue weighted by Gasteiger charge is 2.32. The van der Waals surface area contributed by atoms with E-state index >= 15 is 0 Å². The van der Waals surface area contributed by atoms with Crippen LogP contribution < -0.4 is 5.73 Å². The number of hydrogen-bond acceptors (Lipinski definition) is 3. The molecule has 0 saturated carbocycles. The van der Waals surface area contributed by atoms with E-state index in [4.69, 9.17) is 10.5 Å². The van der Waals surface area contributed by atoms with Crippen molar-refractivity contribution in [2.75, 3.05) is 32.8 Å². The fourth-order valence-electron chi connectivity index (χ4n) is 1.96. The van der Waals surface area contributed by atoms with Gasteiger partial charge in [-0.25, -0.2) is 0 Å². The zero-order valence-corrected chi connectivity index (χ0v) is 10.7. The first-order valence-electron chi connectivity index (χ1n) is 5.91. The Kier molecular flexibility index (Phi) is 4.15. The lowest BCUT2D eigenvalue weighted by molar-refractivity contribution is -0.0116. The Morgan fingerprint density at radius 3 is 2.53 bits per heavy atom. The summed E-state index contributed by atoms with van der Waals surface area (Å²) in [5, 5.41) is 0. The summed E-state index contributed by atoms with van der Waals surface area (Å²) in [6.45, 7) is 13.5. The molecule has 0 bridgehead atoms. The number of likely N-dealkylation sites (tertiary alicyclic amines) is 1. The molecule has 1 fully saturated rings. The van der Waals surface area contributed by atoms with E-state index in [-0.39, 0.29) is 5.60 Å². The van der Waals surface area contributed by atoms with E-state index in [9.17, 15) is 0 Å². The second kappa shape index (κ2) is 4.81. The Balaban J connectivity index is 2.20. The number of nitrogens with zero attached hydrogens (tertiary/aromatic N) is 1. The summed E-state index contributed by atoms with van der Waals surface area (Å²) >= 11 is 0. The smallest absolute Gasteiger partial charge is 0.0600 e. The van der Waals surface area contributed by atoms with Crippen LogP contribution in [-0.2, 0) is 4.74 Å². The summed E-state index contributed by atoms with van der Waals surface area (Å²) in [5.41, 5.74) is 6.09. The van der Waals surface area contributed by atoms with Crippen molar-refractivity contribution in [2.45, 2.75) is 39.7 Å². The molecule has 0 aromatic heterocycles. The SMILES string of the molecule is CC1(CN)CCN(CCOC(C)(C)C)C1. The largest absolute Gasteiger partial charge is 0.375 e. The molecule has 1 aliphatic heterocycles. The third-order valence-corrected chi connectivity index (χ3v) is 3.07. The quantitative estimate of drug-likeness (QED) is 0.770. The highest BCUT2D eigenvalue weighted by molar-refractivity contribution is 4.86. The fourth-order valence-corrected chi connectivity index (χ4v) is 1.96. The topological polar surface area (TPSA) is 38.5 Å². The van der Waals surface area contributed by atoms with Gasteiger partial charge in [0, 0.05) is 13.1 Å². The van der Waals surface area contributed by atoms with Gasteiger partial charge in [0.1, 0.15) is 0 Å².